The Hall–Kier alpha value is -3.25. The molecule has 0 saturated carbocycles. The number of ether oxygens (including phenoxy) is 4. The lowest BCUT2D eigenvalue weighted by Gasteiger charge is -2.28. The van der Waals surface area contributed by atoms with Crippen LogP contribution >= 0.6 is 11.8 Å². The first-order valence-electron chi connectivity index (χ1n) is 13.5. The summed E-state index contributed by atoms with van der Waals surface area (Å²) >= 11 is 1.62. The number of amides is 1. The van der Waals surface area contributed by atoms with E-state index < -0.39 is 0 Å². The van der Waals surface area contributed by atoms with Gasteiger partial charge in [-0.15, -0.1) is 0 Å². The number of benzene rings is 1. The molecule has 12 heteroatoms. The van der Waals surface area contributed by atoms with Crippen LogP contribution in [0.3, 0.4) is 0 Å². The van der Waals surface area contributed by atoms with Gasteiger partial charge in [-0.05, 0) is 32.9 Å². The maximum atomic E-state index is 13.1. The predicted molar refractivity (Wildman–Crippen MR) is 152 cm³/mol. The summed E-state index contributed by atoms with van der Waals surface area (Å²) in [4.78, 5) is 25.0. The Balaban J connectivity index is 1.53. The monoisotopic (exact) mass is 558 g/mol. The molecular weight excluding hydrogens is 520 g/mol. The third kappa shape index (κ3) is 7.04. The smallest absolute Gasteiger partial charge is 0.251 e. The van der Waals surface area contributed by atoms with E-state index in [9.17, 15) is 4.79 Å². The lowest BCUT2D eigenvalue weighted by molar-refractivity contribution is 0.0951. The lowest BCUT2D eigenvalue weighted by atomic mass is 10.1. The molecule has 39 heavy (non-hydrogen) atoms. The van der Waals surface area contributed by atoms with Gasteiger partial charge >= 0.3 is 0 Å². The highest BCUT2D eigenvalue weighted by atomic mass is 32.2. The third-order valence-corrected chi connectivity index (χ3v) is 6.75. The number of anilines is 1. The number of hydrogen-bond acceptors (Lipinski definition) is 10. The summed E-state index contributed by atoms with van der Waals surface area (Å²) in [6.07, 6.45) is 1.81. The first kappa shape index (κ1) is 28.8. The third-order valence-electron chi connectivity index (χ3n) is 5.89. The second kappa shape index (κ2) is 13.7. The van der Waals surface area contributed by atoms with Gasteiger partial charge in [0.05, 0.1) is 51.2 Å². The van der Waals surface area contributed by atoms with Crippen molar-refractivity contribution in [1.29, 1.82) is 0 Å². The van der Waals surface area contributed by atoms with Crippen LogP contribution in [0.5, 0.6) is 17.2 Å². The molecule has 1 amide bonds. The van der Waals surface area contributed by atoms with E-state index >= 15 is 0 Å². The zero-order chi connectivity index (χ0) is 27.8. The minimum absolute atomic E-state index is 0.240. The van der Waals surface area contributed by atoms with Crippen molar-refractivity contribution >= 4 is 34.5 Å². The molecule has 0 aliphatic carbocycles. The molecule has 1 N–H and O–H groups in total. The van der Waals surface area contributed by atoms with Crippen molar-refractivity contribution in [2.75, 3.05) is 57.6 Å². The van der Waals surface area contributed by atoms with E-state index in [1.165, 1.54) is 0 Å². The number of hydrogen-bond donors (Lipinski definition) is 1. The first-order valence-corrected chi connectivity index (χ1v) is 14.4. The molecule has 0 atom stereocenters. The van der Waals surface area contributed by atoms with Crippen LogP contribution in [0.2, 0.25) is 0 Å². The average Bonchev–Trinajstić information content (AvgIpc) is 3.33. The topological polar surface area (TPSA) is 113 Å². The molecule has 1 saturated heterocycles. The summed E-state index contributed by atoms with van der Waals surface area (Å²) in [7, 11) is 0. The molecule has 4 rings (SSSR count). The fourth-order valence-corrected chi connectivity index (χ4v) is 4.96. The Morgan fingerprint density at radius 2 is 1.72 bits per heavy atom. The maximum absolute atomic E-state index is 13.1. The number of fused-ring (bicyclic) bond motifs is 1. The number of aromatic nitrogens is 4. The van der Waals surface area contributed by atoms with Crippen LogP contribution in [0.1, 0.15) is 45.0 Å². The number of nitrogens with one attached hydrogen (secondary N) is 1. The first-order chi connectivity index (χ1) is 18.9. The Labute approximate surface area is 233 Å². The van der Waals surface area contributed by atoms with Gasteiger partial charge in [-0.2, -0.15) is 5.10 Å². The van der Waals surface area contributed by atoms with Gasteiger partial charge in [-0.3, -0.25) is 4.79 Å². The quantitative estimate of drug-likeness (QED) is 0.246. The van der Waals surface area contributed by atoms with Gasteiger partial charge in [0.15, 0.2) is 22.3 Å². The summed E-state index contributed by atoms with van der Waals surface area (Å²) in [6, 6.07) is 3.37. The molecule has 0 bridgehead atoms. The van der Waals surface area contributed by atoms with Crippen molar-refractivity contribution in [3.63, 3.8) is 0 Å². The minimum Gasteiger partial charge on any atom is -0.490 e. The van der Waals surface area contributed by atoms with Gasteiger partial charge in [-0.1, -0.05) is 25.6 Å². The number of thioether (sulfide) groups is 1. The second-order valence-electron chi connectivity index (χ2n) is 9.06. The Bertz CT molecular complexity index is 1230. The second-order valence-corrected chi connectivity index (χ2v) is 10.6. The van der Waals surface area contributed by atoms with E-state index in [1.807, 2.05) is 25.5 Å². The van der Waals surface area contributed by atoms with Crippen molar-refractivity contribution in [1.82, 2.24) is 25.1 Å². The van der Waals surface area contributed by atoms with Gasteiger partial charge in [0.1, 0.15) is 5.82 Å². The fraction of sp³-hybridized carbons (Fsp3) is 0.556. The minimum atomic E-state index is -0.240. The zero-order valence-electron chi connectivity index (χ0n) is 23.4. The van der Waals surface area contributed by atoms with Crippen molar-refractivity contribution in [3.8, 4) is 17.2 Å². The van der Waals surface area contributed by atoms with Crippen LogP contribution < -0.4 is 24.4 Å². The van der Waals surface area contributed by atoms with Gasteiger partial charge < -0.3 is 29.2 Å². The number of nitrogens with zero attached hydrogens (tertiary/aromatic N) is 5. The van der Waals surface area contributed by atoms with Crippen LogP contribution in [0.25, 0.3) is 11.0 Å². The molecule has 11 nitrogen and oxygen atoms in total. The van der Waals surface area contributed by atoms with Crippen LogP contribution in [0.15, 0.2) is 23.5 Å². The lowest BCUT2D eigenvalue weighted by Crippen LogP contribution is -2.37. The summed E-state index contributed by atoms with van der Waals surface area (Å²) in [6.45, 7) is 14.9. The van der Waals surface area contributed by atoms with Gasteiger partial charge in [0.2, 0.25) is 5.75 Å². The molecule has 1 aliphatic rings. The van der Waals surface area contributed by atoms with Crippen LogP contribution in [0.4, 0.5) is 5.82 Å². The highest BCUT2D eigenvalue weighted by Gasteiger charge is 2.21. The standard InChI is InChI=1S/C27H38N6O5S/c1-6-36-21-15-19(16-22(37-7-2)23(21)38-8-3)26(34)28-9-10-33-25-20(17-29-33)24(32-11-13-35-14-12-32)30-27(31-25)39-18(4)5/h15-18H,6-14H2,1-5H3,(H,28,34). The van der Waals surface area contributed by atoms with Gasteiger partial charge in [0, 0.05) is 30.4 Å². The van der Waals surface area contributed by atoms with E-state index in [1.54, 1.807) is 30.1 Å². The molecule has 3 heterocycles. The van der Waals surface area contributed by atoms with Crippen molar-refractivity contribution in [2.24, 2.45) is 0 Å². The van der Waals surface area contributed by atoms with Crippen LogP contribution in [0, 0.1) is 0 Å². The molecule has 3 aromatic rings. The summed E-state index contributed by atoms with van der Waals surface area (Å²) < 4.78 is 24.6. The molecule has 0 unspecified atom stereocenters. The number of rotatable bonds is 13. The van der Waals surface area contributed by atoms with E-state index in [2.05, 4.69) is 29.2 Å². The number of carbonyl (C=O) groups is 1. The van der Waals surface area contributed by atoms with Crippen molar-refractivity contribution in [3.05, 3.63) is 23.9 Å². The molecule has 1 aliphatic heterocycles. The Morgan fingerprint density at radius 3 is 2.33 bits per heavy atom. The predicted octanol–water partition coefficient (Wildman–Crippen LogP) is 3.79. The van der Waals surface area contributed by atoms with E-state index in [-0.39, 0.29) is 5.91 Å². The molecule has 0 radical (unpaired) electrons. The molecule has 1 aromatic carbocycles. The summed E-state index contributed by atoms with van der Waals surface area (Å²) in [5, 5.41) is 9.53. The van der Waals surface area contributed by atoms with Crippen molar-refractivity contribution < 1.29 is 23.7 Å². The van der Waals surface area contributed by atoms with Crippen LogP contribution in [-0.4, -0.2) is 83.6 Å². The van der Waals surface area contributed by atoms with Crippen LogP contribution in [-0.2, 0) is 11.3 Å². The summed E-state index contributed by atoms with van der Waals surface area (Å²) in [5.74, 6) is 2.11. The largest absolute Gasteiger partial charge is 0.490 e. The van der Waals surface area contributed by atoms with E-state index in [0.717, 1.165) is 29.9 Å². The number of carbonyl (C=O) groups excluding carboxylic acids is 1. The summed E-state index contributed by atoms with van der Waals surface area (Å²) in [5.41, 5.74) is 1.19. The van der Waals surface area contributed by atoms with Gasteiger partial charge in [-0.25, -0.2) is 14.6 Å². The van der Waals surface area contributed by atoms with Crippen molar-refractivity contribution in [2.45, 2.75) is 51.6 Å². The molecule has 0 spiro atoms. The van der Waals surface area contributed by atoms with E-state index in [0.29, 0.717) is 79.3 Å². The molecule has 2 aromatic heterocycles. The van der Waals surface area contributed by atoms with Gasteiger partial charge in [0.25, 0.3) is 5.91 Å². The fourth-order valence-electron chi connectivity index (χ4n) is 4.26. The molecular formula is C27H38N6O5S. The highest BCUT2D eigenvalue weighted by molar-refractivity contribution is 7.99. The molecule has 212 valence electrons. The normalized spacial score (nSPS) is 13.6. The maximum Gasteiger partial charge on any atom is 0.251 e. The Kier molecular flexibility index (Phi) is 10.1. The zero-order valence-corrected chi connectivity index (χ0v) is 24.2. The SMILES string of the molecule is CCOc1cc(C(=O)NCCn2ncc3c(N4CCOCC4)nc(SC(C)C)nc32)cc(OCC)c1OCC. The van der Waals surface area contributed by atoms with E-state index in [4.69, 9.17) is 28.9 Å². The molecule has 1 fully saturated rings. The number of morpholine rings is 1. The highest BCUT2D eigenvalue weighted by Crippen LogP contribution is 2.39. The Morgan fingerprint density at radius 1 is 1.05 bits per heavy atom. The average molecular weight is 559 g/mol.